The summed E-state index contributed by atoms with van der Waals surface area (Å²) in [6, 6.07) is 0. The summed E-state index contributed by atoms with van der Waals surface area (Å²) in [6.45, 7) is 7.43. The van der Waals surface area contributed by atoms with Crippen molar-refractivity contribution in [3.8, 4) is 0 Å². The Kier molecular flexibility index (Phi) is 4.05. The molecular formula is C17H23N3O2. The van der Waals surface area contributed by atoms with Crippen LogP contribution >= 0.6 is 0 Å². The van der Waals surface area contributed by atoms with E-state index in [1.807, 2.05) is 31.5 Å². The van der Waals surface area contributed by atoms with E-state index in [1.54, 1.807) is 0 Å². The van der Waals surface area contributed by atoms with Gasteiger partial charge in [-0.2, -0.15) is 0 Å². The molecule has 2 atom stereocenters. The Balaban J connectivity index is 1.73. The number of carbonyl (C=O) groups excluding carboxylic acids is 1. The molecule has 1 amide bonds. The summed E-state index contributed by atoms with van der Waals surface area (Å²) in [5.41, 5.74) is 1.72. The number of rotatable bonds is 4. The largest absolute Gasteiger partial charge is 0.441 e. The van der Waals surface area contributed by atoms with Crippen LogP contribution in [0.25, 0.3) is 12.2 Å². The molecular weight excluding hydrogens is 278 g/mol. The van der Waals surface area contributed by atoms with Crippen molar-refractivity contribution >= 4 is 18.2 Å². The molecule has 2 heterocycles. The van der Waals surface area contributed by atoms with Crippen LogP contribution in [0.2, 0.25) is 0 Å². The number of hydrogen-bond acceptors (Lipinski definition) is 3. The van der Waals surface area contributed by atoms with Gasteiger partial charge in [0.1, 0.15) is 5.60 Å². The fourth-order valence-electron chi connectivity index (χ4n) is 3.69. The molecule has 2 fully saturated rings. The molecule has 1 spiro atoms. The lowest BCUT2D eigenvalue weighted by Crippen LogP contribution is -2.39. The van der Waals surface area contributed by atoms with Gasteiger partial charge in [-0.15, -0.1) is 0 Å². The van der Waals surface area contributed by atoms with E-state index in [0.717, 1.165) is 43.6 Å². The quantitative estimate of drug-likeness (QED) is 0.929. The minimum Gasteiger partial charge on any atom is -0.441 e. The summed E-state index contributed by atoms with van der Waals surface area (Å²) in [5.74, 6) is 0.493. The van der Waals surface area contributed by atoms with E-state index in [2.05, 4.69) is 21.4 Å². The first-order valence-electron chi connectivity index (χ1n) is 7.93. The Morgan fingerprint density at radius 1 is 1.64 bits per heavy atom. The van der Waals surface area contributed by atoms with Crippen molar-refractivity contribution in [2.45, 2.75) is 44.8 Å². The summed E-state index contributed by atoms with van der Waals surface area (Å²) in [4.78, 5) is 15.8. The highest BCUT2D eigenvalue weighted by molar-refractivity contribution is 5.70. The zero-order valence-electron chi connectivity index (χ0n) is 13.0. The van der Waals surface area contributed by atoms with E-state index in [4.69, 9.17) is 4.74 Å². The maximum atomic E-state index is 11.4. The Morgan fingerprint density at radius 3 is 3.18 bits per heavy atom. The highest BCUT2D eigenvalue weighted by Crippen LogP contribution is 2.38. The number of allylic oxidation sites excluding steroid dienone is 1. The molecule has 2 unspecified atom stereocenters. The van der Waals surface area contributed by atoms with Crippen molar-refractivity contribution in [2.75, 3.05) is 6.54 Å². The van der Waals surface area contributed by atoms with Gasteiger partial charge in [0.15, 0.2) is 0 Å². The predicted molar refractivity (Wildman–Crippen MR) is 86.2 cm³/mol. The van der Waals surface area contributed by atoms with Crippen molar-refractivity contribution in [1.29, 1.82) is 0 Å². The third-order valence-corrected chi connectivity index (χ3v) is 4.65. The van der Waals surface area contributed by atoms with Crippen LogP contribution in [0.4, 0.5) is 4.79 Å². The highest BCUT2D eigenvalue weighted by Gasteiger charge is 2.44. The van der Waals surface area contributed by atoms with Crippen LogP contribution in [0.1, 0.15) is 44.0 Å². The van der Waals surface area contributed by atoms with Crippen molar-refractivity contribution in [1.82, 2.24) is 14.9 Å². The lowest BCUT2D eigenvalue weighted by Gasteiger charge is -2.35. The molecule has 1 saturated heterocycles. The van der Waals surface area contributed by atoms with Crippen molar-refractivity contribution in [2.24, 2.45) is 5.92 Å². The molecule has 0 radical (unpaired) electrons. The van der Waals surface area contributed by atoms with Gasteiger partial charge >= 0.3 is 6.09 Å². The third-order valence-electron chi connectivity index (χ3n) is 4.65. The van der Waals surface area contributed by atoms with Crippen LogP contribution in [0, 0.1) is 5.92 Å². The minimum atomic E-state index is -0.291. The first-order chi connectivity index (χ1) is 10.7. The lowest BCUT2D eigenvalue weighted by molar-refractivity contribution is 0.00414. The van der Waals surface area contributed by atoms with Crippen molar-refractivity contribution < 1.29 is 9.53 Å². The number of aromatic nitrogens is 2. The zero-order valence-corrected chi connectivity index (χ0v) is 13.0. The Hall–Kier alpha value is -2.04. The smallest absolute Gasteiger partial charge is 0.407 e. The van der Waals surface area contributed by atoms with Crippen LogP contribution in [0.15, 0.2) is 19.0 Å². The molecule has 118 valence electrons. The Labute approximate surface area is 131 Å². The maximum Gasteiger partial charge on any atom is 0.407 e. The molecule has 1 aliphatic carbocycles. The number of nitrogens with one attached hydrogen (secondary N) is 1. The average Bonchev–Trinajstić information content (AvgIpc) is 3.04. The lowest BCUT2D eigenvalue weighted by atomic mass is 9.78. The molecule has 1 saturated carbocycles. The number of nitrogens with zero attached hydrogens (tertiary/aromatic N) is 2. The standard InChI is InChI=1S/C17H23N3O2/c1-3-6-14-15(4-2)20(12-19-14)10-13-7-5-8-17(9-13)11-18-16(21)22-17/h3-4,6,12-13H,2,5,7-11H2,1H3,(H,18,21)/b6-3-. The van der Waals surface area contributed by atoms with Gasteiger partial charge in [-0.05, 0) is 50.7 Å². The molecule has 5 heteroatoms. The van der Waals surface area contributed by atoms with Crippen molar-refractivity contribution in [3.63, 3.8) is 0 Å². The fraction of sp³-hybridized carbons (Fsp3) is 0.529. The van der Waals surface area contributed by atoms with Crippen LogP contribution < -0.4 is 5.32 Å². The van der Waals surface area contributed by atoms with E-state index < -0.39 is 0 Å². The third kappa shape index (κ3) is 2.80. The number of amides is 1. The molecule has 2 aliphatic rings. The molecule has 1 N–H and O–H groups in total. The molecule has 0 bridgehead atoms. The summed E-state index contributed by atoms with van der Waals surface area (Å²) in [6.07, 6.45) is 11.6. The van der Waals surface area contributed by atoms with E-state index in [0.29, 0.717) is 12.5 Å². The number of hydrogen-bond donors (Lipinski definition) is 1. The second-order valence-electron chi connectivity index (χ2n) is 6.26. The Bertz CT molecular complexity index is 605. The van der Waals surface area contributed by atoms with Crippen LogP contribution in [-0.4, -0.2) is 27.8 Å². The van der Waals surface area contributed by atoms with Crippen LogP contribution in [0.3, 0.4) is 0 Å². The van der Waals surface area contributed by atoms with Crippen LogP contribution in [0.5, 0.6) is 0 Å². The molecule has 1 aliphatic heterocycles. The van der Waals surface area contributed by atoms with Crippen LogP contribution in [-0.2, 0) is 11.3 Å². The van der Waals surface area contributed by atoms with E-state index in [-0.39, 0.29) is 11.7 Å². The second-order valence-corrected chi connectivity index (χ2v) is 6.26. The fourth-order valence-corrected chi connectivity index (χ4v) is 3.69. The van der Waals surface area contributed by atoms with E-state index in [9.17, 15) is 4.79 Å². The number of ether oxygens (including phenoxy) is 1. The minimum absolute atomic E-state index is 0.273. The number of alkyl carbamates (subject to hydrolysis) is 1. The normalized spacial score (nSPS) is 28.0. The van der Waals surface area contributed by atoms with Gasteiger partial charge in [0.25, 0.3) is 0 Å². The monoisotopic (exact) mass is 301 g/mol. The summed E-state index contributed by atoms with van der Waals surface area (Å²) >= 11 is 0. The SMILES string of the molecule is C=Cc1c(/C=C\C)ncn1CC1CCCC2(CNC(=O)O2)C1. The maximum absolute atomic E-state index is 11.4. The second kappa shape index (κ2) is 5.99. The van der Waals surface area contributed by atoms with Crippen molar-refractivity contribution in [3.05, 3.63) is 30.4 Å². The molecule has 22 heavy (non-hydrogen) atoms. The topological polar surface area (TPSA) is 56.2 Å². The average molecular weight is 301 g/mol. The van der Waals surface area contributed by atoms with E-state index >= 15 is 0 Å². The molecule has 1 aromatic rings. The first kappa shape index (κ1) is 14.9. The van der Waals surface area contributed by atoms with Gasteiger partial charge < -0.3 is 14.6 Å². The summed E-state index contributed by atoms with van der Waals surface area (Å²) in [7, 11) is 0. The first-order valence-corrected chi connectivity index (χ1v) is 7.93. The molecule has 0 aromatic carbocycles. The predicted octanol–water partition coefficient (Wildman–Crippen LogP) is 3.23. The number of carbonyl (C=O) groups is 1. The molecule has 1 aromatic heterocycles. The molecule has 5 nitrogen and oxygen atoms in total. The van der Waals surface area contributed by atoms with Gasteiger partial charge in [0.05, 0.1) is 24.3 Å². The summed E-state index contributed by atoms with van der Waals surface area (Å²) < 4.78 is 7.71. The molecule has 3 rings (SSSR count). The van der Waals surface area contributed by atoms with Gasteiger partial charge in [-0.1, -0.05) is 12.7 Å². The number of imidazole rings is 1. The van der Waals surface area contributed by atoms with Gasteiger partial charge in [0.2, 0.25) is 0 Å². The zero-order chi connectivity index (χ0) is 15.6. The highest BCUT2D eigenvalue weighted by atomic mass is 16.6. The Morgan fingerprint density at radius 2 is 2.50 bits per heavy atom. The van der Waals surface area contributed by atoms with Gasteiger partial charge in [-0.25, -0.2) is 9.78 Å². The van der Waals surface area contributed by atoms with E-state index in [1.165, 1.54) is 0 Å². The van der Waals surface area contributed by atoms with Gasteiger partial charge in [0, 0.05) is 6.54 Å². The summed E-state index contributed by atoms with van der Waals surface area (Å²) in [5, 5.41) is 2.80. The van der Waals surface area contributed by atoms with Gasteiger partial charge in [-0.3, -0.25) is 0 Å².